The number of Topliss-reactive ketones (excluding diaryl/α,β-unsaturated/α-hetero) is 1. The van der Waals surface area contributed by atoms with Crippen LogP contribution in [0.5, 0.6) is 0 Å². The SMILES string of the molecule is Cc1ccc(C(=O)C2CN(C)CCO2)cc1. The van der Waals surface area contributed by atoms with E-state index in [0.717, 1.165) is 12.1 Å². The van der Waals surface area contributed by atoms with E-state index in [1.807, 2.05) is 38.2 Å². The van der Waals surface area contributed by atoms with Crippen LogP contribution in [0.4, 0.5) is 0 Å². The fraction of sp³-hybridized carbons (Fsp3) is 0.462. The lowest BCUT2D eigenvalue weighted by Crippen LogP contribution is -2.44. The molecule has 0 radical (unpaired) electrons. The van der Waals surface area contributed by atoms with Gasteiger partial charge in [-0.3, -0.25) is 4.79 Å². The summed E-state index contributed by atoms with van der Waals surface area (Å²) in [6.07, 6.45) is -0.304. The molecular formula is C13H17NO2. The molecule has 86 valence electrons. The van der Waals surface area contributed by atoms with Gasteiger partial charge in [-0.25, -0.2) is 0 Å². The zero-order valence-corrected chi connectivity index (χ0v) is 9.77. The lowest BCUT2D eigenvalue weighted by atomic mass is 10.0. The van der Waals surface area contributed by atoms with Crippen LogP contribution in [0.2, 0.25) is 0 Å². The van der Waals surface area contributed by atoms with Crippen molar-refractivity contribution in [1.82, 2.24) is 4.90 Å². The predicted octanol–water partition coefficient (Wildman–Crippen LogP) is 1.51. The van der Waals surface area contributed by atoms with Crippen LogP contribution in [0, 0.1) is 6.92 Å². The van der Waals surface area contributed by atoms with E-state index < -0.39 is 0 Å². The molecule has 1 aliphatic rings. The zero-order valence-electron chi connectivity index (χ0n) is 9.77. The number of benzene rings is 1. The minimum atomic E-state index is -0.304. The van der Waals surface area contributed by atoms with E-state index in [4.69, 9.17) is 4.74 Å². The van der Waals surface area contributed by atoms with Gasteiger partial charge in [0.15, 0.2) is 5.78 Å². The van der Waals surface area contributed by atoms with Gasteiger partial charge in [0.2, 0.25) is 0 Å². The number of aryl methyl sites for hydroxylation is 1. The van der Waals surface area contributed by atoms with Gasteiger partial charge in [-0.1, -0.05) is 29.8 Å². The molecule has 0 saturated carbocycles. The van der Waals surface area contributed by atoms with Crippen LogP contribution >= 0.6 is 0 Å². The van der Waals surface area contributed by atoms with Gasteiger partial charge in [0.05, 0.1) is 6.61 Å². The molecule has 1 aromatic carbocycles. The molecule has 1 atom stereocenters. The average molecular weight is 219 g/mol. The highest BCUT2D eigenvalue weighted by atomic mass is 16.5. The number of nitrogens with zero attached hydrogens (tertiary/aromatic N) is 1. The van der Waals surface area contributed by atoms with Crippen LogP contribution < -0.4 is 0 Å². The maximum atomic E-state index is 12.1. The van der Waals surface area contributed by atoms with Gasteiger partial charge in [-0.05, 0) is 14.0 Å². The van der Waals surface area contributed by atoms with Crippen LogP contribution in [0.25, 0.3) is 0 Å². The van der Waals surface area contributed by atoms with E-state index in [1.54, 1.807) is 0 Å². The molecule has 16 heavy (non-hydrogen) atoms. The molecule has 1 unspecified atom stereocenters. The number of ketones is 1. The molecular weight excluding hydrogens is 202 g/mol. The quantitative estimate of drug-likeness (QED) is 0.706. The molecule has 1 aromatic rings. The summed E-state index contributed by atoms with van der Waals surface area (Å²) in [5, 5.41) is 0. The van der Waals surface area contributed by atoms with Crippen LogP contribution in [0.15, 0.2) is 24.3 Å². The van der Waals surface area contributed by atoms with Crippen molar-refractivity contribution in [1.29, 1.82) is 0 Å². The van der Waals surface area contributed by atoms with E-state index in [9.17, 15) is 4.79 Å². The Kier molecular flexibility index (Phi) is 3.36. The second kappa shape index (κ2) is 4.76. The summed E-state index contributed by atoms with van der Waals surface area (Å²) >= 11 is 0. The number of ether oxygens (including phenoxy) is 1. The Bertz CT molecular complexity index is 372. The van der Waals surface area contributed by atoms with Crippen molar-refractivity contribution in [2.75, 3.05) is 26.7 Å². The van der Waals surface area contributed by atoms with E-state index >= 15 is 0 Å². The summed E-state index contributed by atoms with van der Waals surface area (Å²) in [6, 6.07) is 7.66. The Balaban J connectivity index is 2.09. The average Bonchev–Trinajstić information content (AvgIpc) is 2.29. The summed E-state index contributed by atoms with van der Waals surface area (Å²) in [4.78, 5) is 14.2. The Hall–Kier alpha value is -1.19. The summed E-state index contributed by atoms with van der Waals surface area (Å²) < 4.78 is 5.50. The van der Waals surface area contributed by atoms with E-state index in [-0.39, 0.29) is 11.9 Å². The number of hydrogen-bond acceptors (Lipinski definition) is 3. The Morgan fingerprint density at radius 2 is 2.06 bits per heavy atom. The maximum absolute atomic E-state index is 12.1. The topological polar surface area (TPSA) is 29.5 Å². The van der Waals surface area contributed by atoms with Crippen molar-refractivity contribution < 1.29 is 9.53 Å². The molecule has 3 heteroatoms. The van der Waals surface area contributed by atoms with E-state index in [0.29, 0.717) is 13.2 Å². The number of rotatable bonds is 2. The lowest BCUT2D eigenvalue weighted by Gasteiger charge is -2.29. The first-order valence-corrected chi connectivity index (χ1v) is 5.58. The molecule has 1 heterocycles. The number of hydrogen-bond donors (Lipinski definition) is 0. The van der Waals surface area contributed by atoms with Crippen LogP contribution in [0.3, 0.4) is 0 Å². The highest BCUT2D eigenvalue weighted by Crippen LogP contribution is 2.11. The third kappa shape index (κ3) is 2.49. The van der Waals surface area contributed by atoms with Crippen molar-refractivity contribution in [3.63, 3.8) is 0 Å². The van der Waals surface area contributed by atoms with Crippen LogP contribution in [-0.2, 0) is 4.74 Å². The number of morpholine rings is 1. The molecule has 1 saturated heterocycles. The normalized spacial score (nSPS) is 22.0. The van der Waals surface area contributed by atoms with Gasteiger partial charge >= 0.3 is 0 Å². The third-order valence-electron chi connectivity index (χ3n) is 2.90. The first-order chi connectivity index (χ1) is 7.66. The van der Waals surface area contributed by atoms with E-state index in [2.05, 4.69) is 4.90 Å². The minimum Gasteiger partial charge on any atom is -0.367 e. The summed E-state index contributed by atoms with van der Waals surface area (Å²) in [7, 11) is 2.01. The second-order valence-corrected chi connectivity index (χ2v) is 4.35. The smallest absolute Gasteiger partial charge is 0.192 e. The van der Waals surface area contributed by atoms with Crippen molar-refractivity contribution in [3.8, 4) is 0 Å². The van der Waals surface area contributed by atoms with Crippen molar-refractivity contribution in [2.45, 2.75) is 13.0 Å². The molecule has 1 fully saturated rings. The lowest BCUT2D eigenvalue weighted by molar-refractivity contribution is -0.00862. The highest BCUT2D eigenvalue weighted by molar-refractivity contribution is 5.99. The Morgan fingerprint density at radius 1 is 1.38 bits per heavy atom. The summed E-state index contributed by atoms with van der Waals surface area (Å²) in [5.41, 5.74) is 1.91. The molecule has 0 bridgehead atoms. The molecule has 1 aliphatic heterocycles. The minimum absolute atomic E-state index is 0.0894. The summed E-state index contributed by atoms with van der Waals surface area (Å²) in [5.74, 6) is 0.0894. The molecule has 0 aliphatic carbocycles. The highest BCUT2D eigenvalue weighted by Gasteiger charge is 2.25. The standard InChI is InChI=1S/C13H17NO2/c1-10-3-5-11(6-4-10)13(15)12-9-14(2)7-8-16-12/h3-6,12H,7-9H2,1-2H3. The zero-order chi connectivity index (χ0) is 11.5. The van der Waals surface area contributed by atoms with Gasteiger partial charge in [0.25, 0.3) is 0 Å². The van der Waals surface area contributed by atoms with Gasteiger partial charge in [-0.2, -0.15) is 0 Å². The van der Waals surface area contributed by atoms with Crippen LogP contribution in [0.1, 0.15) is 15.9 Å². The first-order valence-electron chi connectivity index (χ1n) is 5.58. The monoisotopic (exact) mass is 219 g/mol. The molecule has 2 rings (SSSR count). The van der Waals surface area contributed by atoms with E-state index in [1.165, 1.54) is 5.56 Å². The number of likely N-dealkylation sites (N-methyl/N-ethyl adjacent to an activating group) is 1. The fourth-order valence-corrected chi connectivity index (χ4v) is 1.84. The predicted molar refractivity (Wildman–Crippen MR) is 62.7 cm³/mol. The maximum Gasteiger partial charge on any atom is 0.192 e. The molecule has 0 aromatic heterocycles. The van der Waals surface area contributed by atoms with Gasteiger partial charge in [-0.15, -0.1) is 0 Å². The molecule has 0 amide bonds. The van der Waals surface area contributed by atoms with Gasteiger partial charge < -0.3 is 9.64 Å². The largest absolute Gasteiger partial charge is 0.367 e. The third-order valence-corrected chi connectivity index (χ3v) is 2.90. The fourth-order valence-electron chi connectivity index (χ4n) is 1.84. The molecule has 3 nitrogen and oxygen atoms in total. The number of carbonyl (C=O) groups is 1. The first kappa shape index (κ1) is 11.3. The van der Waals surface area contributed by atoms with Gasteiger partial charge in [0, 0.05) is 18.7 Å². The number of carbonyl (C=O) groups excluding carboxylic acids is 1. The van der Waals surface area contributed by atoms with Gasteiger partial charge in [0.1, 0.15) is 6.10 Å². The van der Waals surface area contributed by atoms with Crippen molar-refractivity contribution >= 4 is 5.78 Å². The van der Waals surface area contributed by atoms with Crippen molar-refractivity contribution in [2.24, 2.45) is 0 Å². The van der Waals surface area contributed by atoms with Crippen molar-refractivity contribution in [3.05, 3.63) is 35.4 Å². The Labute approximate surface area is 96.0 Å². The summed E-state index contributed by atoms with van der Waals surface area (Å²) in [6.45, 7) is 4.24. The Morgan fingerprint density at radius 3 is 2.69 bits per heavy atom. The second-order valence-electron chi connectivity index (χ2n) is 4.35. The molecule has 0 spiro atoms. The van der Waals surface area contributed by atoms with Crippen LogP contribution in [-0.4, -0.2) is 43.5 Å². The molecule has 0 N–H and O–H groups in total.